The number of benzene rings is 1. The highest BCUT2D eigenvalue weighted by Gasteiger charge is 2.20. The minimum Gasteiger partial charge on any atom is -0.230 e. The third-order valence-corrected chi connectivity index (χ3v) is 5.59. The molecular formula is C19H18F2N4S. The quantitative estimate of drug-likeness (QED) is 0.502. The lowest BCUT2D eigenvalue weighted by Gasteiger charge is -2.13. The molecule has 0 unspecified atom stereocenters. The van der Waals surface area contributed by atoms with Crippen LogP contribution in [0.3, 0.4) is 0 Å². The summed E-state index contributed by atoms with van der Waals surface area (Å²) in [6.07, 6.45) is 5.98. The molecule has 0 amide bonds. The van der Waals surface area contributed by atoms with Crippen molar-refractivity contribution in [3.05, 3.63) is 64.7 Å². The lowest BCUT2D eigenvalue weighted by molar-refractivity contribution is 0.507. The second-order valence-electron chi connectivity index (χ2n) is 6.38. The minimum absolute atomic E-state index is 0.504. The Balaban J connectivity index is 1.56. The van der Waals surface area contributed by atoms with E-state index in [1.807, 2.05) is 17.7 Å². The van der Waals surface area contributed by atoms with Gasteiger partial charge < -0.3 is 0 Å². The summed E-state index contributed by atoms with van der Waals surface area (Å²) < 4.78 is 28.3. The van der Waals surface area contributed by atoms with Crippen LogP contribution in [0.25, 0.3) is 5.82 Å². The average Bonchev–Trinajstić information content (AvgIpc) is 3.00. The number of aryl methyl sites for hydroxylation is 1. The first-order valence-electron chi connectivity index (χ1n) is 8.58. The van der Waals surface area contributed by atoms with Gasteiger partial charge in [0, 0.05) is 17.5 Å². The predicted octanol–water partition coefficient (Wildman–Crippen LogP) is 4.42. The van der Waals surface area contributed by atoms with Crippen LogP contribution in [-0.2, 0) is 18.6 Å². The van der Waals surface area contributed by atoms with Crippen LogP contribution in [0, 0.1) is 18.6 Å². The van der Waals surface area contributed by atoms with Crippen molar-refractivity contribution < 1.29 is 8.78 Å². The van der Waals surface area contributed by atoms with Crippen LogP contribution in [0.2, 0.25) is 0 Å². The molecule has 2 heterocycles. The molecule has 26 heavy (non-hydrogen) atoms. The fraction of sp³-hybridized carbons (Fsp3) is 0.316. The zero-order valence-electron chi connectivity index (χ0n) is 14.4. The van der Waals surface area contributed by atoms with Gasteiger partial charge in [0.1, 0.15) is 11.4 Å². The Bertz CT molecular complexity index is 955. The molecule has 0 spiro atoms. The third kappa shape index (κ3) is 3.35. The van der Waals surface area contributed by atoms with E-state index in [4.69, 9.17) is 0 Å². The molecule has 7 heteroatoms. The summed E-state index contributed by atoms with van der Waals surface area (Å²) in [5, 5.41) is 5.44. The standard InChI is InChI=1S/C19H18F2N4S/c1-12-14-4-2-3-5-17(14)25(24-12)18-9-19(23-11-22-18)26-10-13-6-7-15(20)16(21)8-13/h6-9,11H,2-5,10H2,1H3. The largest absolute Gasteiger partial charge is 0.230 e. The first-order chi connectivity index (χ1) is 12.6. The molecule has 0 radical (unpaired) electrons. The van der Waals surface area contributed by atoms with E-state index >= 15 is 0 Å². The molecule has 1 aromatic carbocycles. The predicted molar refractivity (Wildman–Crippen MR) is 96.5 cm³/mol. The van der Waals surface area contributed by atoms with E-state index < -0.39 is 11.6 Å². The molecule has 0 bridgehead atoms. The number of fused-ring (bicyclic) bond motifs is 1. The maximum absolute atomic E-state index is 13.3. The average molecular weight is 372 g/mol. The van der Waals surface area contributed by atoms with Gasteiger partial charge in [0.25, 0.3) is 0 Å². The summed E-state index contributed by atoms with van der Waals surface area (Å²) in [5.74, 6) is -0.407. The Morgan fingerprint density at radius 2 is 1.92 bits per heavy atom. The molecule has 4 nitrogen and oxygen atoms in total. The molecule has 1 aliphatic carbocycles. The number of halogens is 2. The molecule has 0 fully saturated rings. The van der Waals surface area contributed by atoms with Crippen LogP contribution in [0.1, 0.15) is 35.4 Å². The summed E-state index contributed by atoms with van der Waals surface area (Å²) in [4.78, 5) is 8.66. The van der Waals surface area contributed by atoms with E-state index in [9.17, 15) is 8.78 Å². The fourth-order valence-electron chi connectivity index (χ4n) is 3.28. The highest BCUT2D eigenvalue weighted by Crippen LogP contribution is 2.27. The van der Waals surface area contributed by atoms with Crippen LogP contribution < -0.4 is 0 Å². The Labute approximate surface area is 154 Å². The van der Waals surface area contributed by atoms with E-state index in [0.29, 0.717) is 11.3 Å². The molecule has 0 saturated heterocycles. The smallest absolute Gasteiger partial charge is 0.159 e. The second kappa shape index (κ2) is 7.15. The summed E-state index contributed by atoms with van der Waals surface area (Å²) in [6, 6.07) is 5.85. The summed E-state index contributed by atoms with van der Waals surface area (Å²) in [6.45, 7) is 2.04. The molecule has 3 aromatic rings. The lowest BCUT2D eigenvalue weighted by atomic mass is 9.96. The zero-order valence-corrected chi connectivity index (χ0v) is 15.2. The molecule has 0 aliphatic heterocycles. The van der Waals surface area contributed by atoms with Crippen LogP contribution >= 0.6 is 11.8 Å². The third-order valence-electron chi connectivity index (χ3n) is 4.60. The number of nitrogens with zero attached hydrogens (tertiary/aromatic N) is 4. The van der Waals surface area contributed by atoms with Gasteiger partial charge >= 0.3 is 0 Å². The molecular weight excluding hydrogens is 354 g/mol. The van der Waals surface area contributed by atoms with Crippen molar-refractivity contribution in [2.75, 3.05) is 0 Å². The molecule has 0 atom stereocenters. The number of rotatable bonds is 4. The highest BCUT2D eigenvalue weighted by atomic mass is 32.2. The van der Waals surface area contributed by atoms with Crippen molar-refractivity contribution in [2.45, 2.75) is 43.4 Å². The van der Waals surface area contributed by atoms with Crippen LogP contribution in [-0.4, -0.2) is 19.7 Å². The van der Waals surface area contributed by atoms with Gasteiger partial charge in [0.05, 0.1) is 5.69 Å². The van der Waals surface area contributed by atoms with Gasteiger partial charge in [-0.05, 0) is 55.9 Å². The van der Waals surface area contributed by atoms with Crippen LogP contribution in [0.4, 0.5) is 8.78 Å². The van der Waals surface area contributed by atoms with Crippen LogP contribution in [0.5, 0.6) is 0 Å². The molecule has 2 aromatic heterocycles. The van der Waals surface area contributed by atoms with E-state index in [0.717, 1.165) is 35.4 Å². The van der Waals surface area contributed by atoms with Crippen molar-refractivity contribution in [3.8, 4) is 5.82 Å². The van der Waals surface area contributed by atoms with Crippen molar-refractivity contribution in [2.24, 2.45) is 0 Å². The first kappa shape index (κ1) is 17.1. The normalized spacial score (nSPS) is 13.7. The Kier molecular flexibility index (Phi) is 4.72. The number of aromatic nitrogens is 4. The van der Waals surface area contributed by atoms with Gasteiger partial charge in [-0.1, -0.05) is 6.07 Å². The van der Waals surface area contributed by atoms with Crippen molar-refractivity contribution >= 4 is 11.8 Å². The molecule has 134 valence electrons. The molecule has 0 saturated carbocycles. The minimum atomic E-state index is -0.832. The zero-order chi connectivity index (χ0) is 18.1. The Morgan fingerprint density at radius 1 is 1.08 bits per heavy atom. The summed E-state index contributed by atoms with van der Waals surface area (Å²) in [7, 11) is 0. The maximum atomic E-state index is 13.3. The Hall–Kier alpha value is -2.28. The SMILES string of the molecule is Cc1nn(-c2cc(SCc3ccc(F)c(F)c3)ncn2)c2c1CCCC2. The van der Waals surface area contributed by atoms with E-state index in [1.54, 1.807) is 6.07 Å². The van der Waals surface area contributed by atoms with E-state index in [1.165, 1.54) is 48.3 Å². The number of hydrogen-bond donors (Lipinski definition) is 0. The van der Waals surface area contributed by atoms with Gasteiger partial charge in [-0.25, -0.2) is 23.4 Å². The summed E-state index contributed by atoms with van der Waals surface area (Å²) >= 11 is 1.46. The van der Waals surface area contributed by atoms with Gasteiger partial charge in [-0.2, -0.15) is 5.10 Å². The Morgan fingerprint density at radius 3 is 2.77 bits per heavy atom. The molecule has 4 rings (SSSR count). The number of thioether (sulfide) groups is 1. The van der Waals surface area contributed by atoms with E-state index in [-0.39, 0.29) is 0 Å². The first-order valence-corrected chi connectivity index (χ1v) is 9.57. The number of hydrogen-bond acceptors (Lipinski definition) is 4. The maximum Gasteiger partial charge on any atom is 0.159 e. The van der Waals surface area contributed by atoms with Crippen molar-refractivity contribution in [1.29, 1.82) is 0 Å². The van der Waals surface area contributed by atoms with Crippen LogP contribution in [0.15, 0.2) is 35.6 Å². The van der Waals surface area contributed by atoms with Gasteiger partial charge in [-0.3, -0.25) is 0 Å². The van der Waals surface area contributed by atoms with Crippen molar-refractivity contribution in [3.63, 3.8) is 0 Å². The lowest BCUT2D eigenvalue weighted by Crippen LogP contribution is -2.09. The monoisotopic (exact) mass is 372 g/mol. The summed E-state index contributed by atoms with van der Waals surface area (Å²) in [5.41, 5.74) is 4.35. The van der Waals surface area contributed by atoms with Gasteiger partial charge in [0.2, 0.25) is 0 Å². The molecule has 1 aliphatic rings. The highest BCUT2D eigenvalue weighted by molar-refractivity contribution is 7.98. The fourth-order valence-corrected chi connectivity index (χ4v) is 4.09. The van der Waals surface area contributed by atoms with Crippen molar-refractivity contribution in [1.82, 2.24) is 19.7 Å². The van der Waals surface area contributed by atoms with E-state index in [2.05, 4.69) is 15.1 Å². The second-order valence-corrected chi connectivity index (χ2v) is 7.38. The topological polar surface area (TPSA) is 43.6 Å². The van der Waals surface area contributed by atoms with Gasteiger partial charge in [-0.15, -0.1) is 11.8 Å². The molecule has 0 N–H and O–H groups in total. The van der Waals surface area contributed by atoms with Gasteiger partial charge in [0.15, 0.2) is 17.5 Å².